The third kappa shape index (κ3) is 4.97. The van der Waals surface area contributed by atoms with Crippen molar-refractivity contribution in [3.8, 4) is 0 Å². The van der Waals surface area contributed by atoms with Gasteiger partial charge in [0.1, 0.15) is 0 Å². The number of rotatable bonds is 7. The molecule has 1 atom stereocenters. The smallest absolute Gasteiger partial charge is 0.261 e. The first-order valence-corrected chi connectivity index (χ1v) is 10.7. The van der Waals surface area contributed by atoms with Crippen molar-refractivity contribution in [3.63, 3.8) is 0 Å². The Bertz CT molecular complexity index is 568. The average molecular weight is 384 g/mol. The number of hydrogen-bond donors (Lipinski definition) is 2. The molecular weight excluding hydrogens is 358 g/mol. The minimum atomic E-state index is -0.111. The number of carbonyl (C=O) groups excluding carboxylic acids is 2. The van der Waals surface area contributed by atoms with Gasteiger partial charge in [0, 0.05) is 43.9 Å². The summed E-state index contributed by atoms with van der Waals surface area (Å²) in [6, 6.07) is 3.63. The van der Waals surface area contributed by atoms with Gasteiger partial charge in [-0.25, -0.2) is 0 Å². The summed E-state index contributed by atoms with van der Waals surface area (Å²) in [6.07, 6.45) is 1.41. The van der Waals surface area contributed by atoms with Gasteiger partial charge in [0.15, 0.2) is 0 Å². The molecule has 2 N–H and O–H groups in total. The molecule has 1 aromatic rings. The van der Waals surface area contributed by atoms with Gasteiger partial charge in [-0.3, -0.25) is 14.5 Å². The molecular formula is C17H25N3O3S2. The zero-order chi connectivity index (χ0) is 17.5. The number of hydrogen-bond acceptors (Lipinski definition) is 6. The summed E-state index contributed by atoms with van der Waals surface area (Å²) in [5.74, 6) is 2.09. The second-order valence-corrected chi connectivity index (χ2v) is 8.44. The Morgan fingerprint density at radius 2 is 2.12 bits per heavy atom. The molecule has 0 aromatic carbocycles. The van der Waals surface area contributed by atoms with Crippen LogP contribution >= 0.6 is 23.1 Å². The monoisotopic (exact) mass is 383 g/mol. The minimum absolute atomic E-state index is 0.00369. The van der Waals surface area contributed by atoms with E-state index < -0.39 is 0 Å². The maximum atomic E-state index is 12.2. The van der Waals surface area contributed by atoms with E-state index in [0.717, 1.165) is 44.2 Å². The average Bonchev–Trinajstić information content (AvgIpc) is 3.33. The normalized spacial score (nSPS) is 24.2. The van der Waals surface area contributed by atoms with Crippen molar-refractivity contribution in [2.24, 2.45) is 0 Å². The predicted octanol–water partition coefficient (Wildman–Crippen LogP) is 1.19. The number of thioether (sulfide) groups is 1. The van der Waals surface area contributed by atoms with Crippen LogP contribution in [0.15, 0.2) is 17.5 Å². The summed E-state index contributed by atoms with van der Waals surface area (Å²) in [7, 11) is 0. The van der Waals surface area contributed by atoms with Crippen molar-refractivity contribution in [1.29, 1.82) is 0 Å². The van der Waals surface area contributed by atoms with Crippen LogP contribution < -0.4 is 10.6 Å². The highest BCUT2D eigenvalue weighted by atomic mass is 32.2. The Morgan fingerprint density at radius 3 is 2.80 bits per heavy atom. The maximum absolute atomic E-state index is 12.2. The summed E-state index contributed by atoms with van der Waals surface area (Å²) < 4.78 is 5.46. The molecule has 3 heterocycles. The van der Waals surface area contributed by atoms with Crippen molar-refractivity contribution in [2.75, 3.05) is 50.9 Å². The fraction of sp³-hybridized carbons (Fsp3) is 0.647. The fourth-order valence-corrected chi connectivity index (χ4v) is 5.39. The first kappa shape index (κ1) is 18.7. The molecule has 1 aromatic heterocycles. The summed E-state index contributed by atoms with van der Waals surface area (Å²) >= 11 is 3.36. The third-order valence-corrected chi connectivity index (χ3v) is 6.86. The van der Waals surface area contributed by atoms with Gasteiger partial charge in [-0.2, -0.15) is 11.8 Å². The minimum Gasteiger partial charge on any atom is -0.379 e. The maximum Gasteiger partial charge on any atom is 0.261 e. The Hall–Kier alpha value is -1.09. The molecule has 0 aliphatic carbocycles. The Morgan fingerprint density at radius 1 is 1.28 bits per heavy atom. The molecule has 2 aliphatic heterocycles. The fourth-order valence-electron chi connectivity index (χ4n) is 3.27. The first-order chi connectivity index (χ1) is 12.2. The highest BCUT2D eigenvalue weighted by Gasteiger charge is 2.40. The van der Waals surface area contributed by atoms with E-state index in [2.05, 4.69) is 15.5 Å². The molecule has 2 aliphatic rings. The molecule has 6 nitrogen and oxygen atoms in total. The quantitative estimate of drug-likeness (QED) is 0.740. The predicted molar refractivity (Wildman–Crippen MR) is 101 cm³/mol. The van der Waals surface area contributed by atoms with E-state index in [9.17, 15) is 9.59 Å². The molecule has 25 heavy (non-hydrogen) atoms. The number of nitrogens with zero attached hydrogens (tertiary/aromatic N) is 1. The summed E-state index contributed by atoms with van der Waals surface area (Å²) in [4.78, 5) is 27.2. The van der Waals surface area contributed by atoms with Crippen LogP contribution in [0, 0.1) is 0 Å². The molecule has 2 saturated heterocycles. The van der Waals surface area contributed by atoms with Gasteiger partial charge < -0.3 is 15.4 Å². The van der Waals surface area contributed by atoms with E-state index in [1.54, 1.807) is 6.07 Å². The van der Waals surface area contributed by atoms with Gasteiger partial charge >= 0.3 is 0 Å². The van der Waals surface area contributed by atoms with Crippen LogP contribution in [-0.2, 0) is 9.53 Å². The SMILES string of the molecule is O=C(CCNC(=O)c1cccs1)NCC1(N2CCOCC2)CCSC1. The van der Waals surface area contributed by atoms with Crippen LogP contribution in [0.25, 0.3) is 0 Å². The third-order valence-electron chi connectivity index (χ3n) is 4.76. The zero-order valence-electron chi connectivity index (χ0n) is 14.3. The van der Waals surface area contributed by atoms with E-state index in [1.807, 2.05) is 23.2 Å². The number of carbonyl (C=O) groups is 2. The standard InChI is InChI=1S/C17H25N3O3S2/c21-15(3-5-18-16(22)14-2-1-10-25-14)19-12-17(4-11-24-13-17)20-6-8-23-9-7-20/h1-2,10H,3-9,11-13H2,(H,18,22)(H,19,21). The van der Waals surface area contributed by atoms with Crippen molar-refractivity contribution in [3.05, 3.63) is 22.4 Å². The van der Waals surface area contributed by atoms with Crippen molar-refractivity contribution in [2.45, 2.75) is 18.4 Å². The van der Waals surface area contributed by atoms with E-state index in [0.29, 0.717) is 24.4 Å². The lowest BCUT2D eigenvalue weighted by Gasteiger charge is -2.43. The topological polar surface area (TPSA) is 70.7 Å². The molecule has 0 spiro atoms. The number of morpholine rings is 1. The molecule has 2 fully saturated rings. The molecule has 3 rings (SSSR count). The van der Waals surface area contributed by atoms with E-state index in [-0.39, 0.29) is 17.4 Å². The number of amides is 2. The molecule has 138 valence electrons. The van der Waals surface area contributed by atoms with Crippen LogP contribution in [-0.4, -0.2) is 73.2 Å². The summed E-state index contributed by atoms with van der Waals surface area (Å²) in [5, 5.41) is 7.75. The first-order valence-electron chi connectivity index (χ1n) is 8.69. The van der Waals surface area contributed by atoms with Gasteiger partial charge in [-0.05, 0) is 23.6 Å². The van der Waals surface area contributed by atoms with Crippen LogP contribution in [0.4, 0.5) is 0 Å². The second kappa shape index (κ2) is 9.02. The van der Waals surface area contributed by atoms with E-state index >= 15 is 0 Å². The largest absolute Gasteiger partial charge is 0.379 e. The second-order valence-electron chi connectivity index (χ2n) is 6.39. The van der Waals surface area contributed by atoms with E-state index in [4.69, 9.17) is 4.74 Å². The van der Waals surface area contributed by atoms with Crippen molar-refractivity contribution < 1.29 is 14.3 Å². The molecule has 0 bridgehead atoms. The van der Waals surface area contributed by atoms with Gasteiger partial charge in [-0.1, -0.05) is 6.07 Å². The molecule has 1 unspecified atom stereocenters. The number of thiophene rings is 1. The molecule has 8 heteroatoms. The van der Waals surface area contributed by atoms with Crippen LogP contribution in [0.5, 0.6) is 0 Å². The molecule has 0 saturated carbocycles. The van der Waals surface area contributed by atoms with Gasteiger partial charge in [0.2, 0.25) is 5.91 Å². The van der Waals surface area contributed by atoms with Gasteiger partial charge in [0.05, 0.1) is 18.1 Å². The molecule has 2 amide bonds. The van der Waals surface area contributed by atoms with Gasteiger partial charge in [0.25, 0.3) is 5.91 Å². The Kier molecular flexibility index (Phi) is 6.75. The van der Waals surface area contributed by atoms with Crippen molar-refractivity contribution >= 4 is 34.9 Å². The zero-order valence-corrected chi connectivity index (χ0v) is 15.9. The molecule has 0 radical (unpaired) electrons. The van der Waals surface area contributed by atoms with Crippen LogP contribution in [0.3, 0.4) is 0 Å². The summed E-state index contributed by atoms with van der Waals surface area (Å²) in [5.41, 5.74) is 0.0598. The highest BCUT2D eigenvalue weighted by Crippen LogP contribution is 2.33. The lowest BCUT2D eigenvalue weighted by molar-refractivity contribution is -0.121. The lowest BCUT2D eigenvalue weighted by Crippen LogP contribution is -2.59. The Labute approximate surface area is 156 Å². The Balaban J connectivity index is 1.41. The van der Waals surface area contributed by atoms with Crippen LogP contribution in [0.1, 0.15) is 22.5 Å². The number of ether oxygens (including phenoxy) is 1. The van der Waals surface area contributed by atoms with Crippen LogP contribution in [0.2, 0.25) is 0 Å². The number of nitrogens with one attached hydrogen (secondary N) is 2. The van der Waals surface area contributed by atoms with Gasteiger partial charge in [-0.15, -0.1) is 11.3 Å². The highest BCUT2D eigenvalue weighted by molar-refractivity contribution is 7.99. The summed E-state index contributed by atoms with van der Waals surface area (Å²) in [6.45, 7) is 4.46. The van der Waals surface area contributed by atoms with Crippen molar-refractivity contribution in [1.82, 2.24) is 15.5 Å². The van der Waals surface area contributed by atoms with E-state index in [1.165, 1.54) is 11.3 Å². The lowest BCUT2D eigenvalue weighted by atomic mass is 9.95.